The molecule has 4 nitrogen and oxygen atoms in total. The van der Waals surface area contributed by atoms with Crippen LogP contribution < -0.4 is 0 Å². The smallest absolute Gasteiger partial charge is 0.328 e. The van der Waals surface area contributed by atoms with E-state index in [0.29, 0.717) is 6.42 Å². The molecule has 2 aromatic rings. The van der Waals surface area contributed by atoms with E-state index in [0.717, 1.165) is 10.8 Å². The lowest BCUT2D eigenvalue weighted by molar-refractivity contribution is -0.140. The summed E-state index contributed by atoms with van der Waals surface area (Å²) in [6, 6.07) is 12.5. The molecule has 1 aliphatic heterocycles. The van der Waals surface area contributed by atoms with Crippen LogP contribution in [0.5, 0.6) is 0 Å². The quantitative estimate of drug-likeness (QED) is 0.794. The van der Waals surface area contributed by atoms with Gasteiger partial charge in [0.05, 0.1) is 11.5 Å². The molecular formula is C15H14O4S2. The molecule has 2 fully saturated rings. The molecule has 0 aromatic heterocycles. The normalized spacial score (nSPS) is 26.9. The molecule has 2 atom stereocenters. The minimum Gasteiger partial charge on any atom is -0.464 e. The Hall–Kier alpha value is -1.53. The van der Waals surface area contributed by atoms with Crippen molar-refractivity contribution in [1.82, 2.24) is 0 Å². The van der Waals surface area contributed by atoms with Crippen LogP contribution in [0.15, 0.2) is 47.4 Å². The predicted molar refractivity (Wildman–Crippen MR) is 83.3 cm³/mol. The minimum atomic E-state index is -3.68. The zero-order valence-electron chi connectivity index (χ0n) is 11.1. The van der Waals surface area contributed by atoms with E-state index in [1.807, 2.05) is 24.3 Å². The number of carbonyl (C=O) groups is 1. The molecule has 4 rings (SSSR count). The summed E-state index contributed by atoms with van der Waals surface area (Å²) in [6.45, 7) is 0.228. The Kier molecular flexibility index (Phi) is 3.07. The summed E-state index contributed by atoms with van der Waals surface area (Å²) in [7, 11) is -3.68. The first-order chi connectivity index (χ1) is 9.55. The monoisotopic (exact) mass is 322 g/mol. The number of carbonyl (C=O) groups excluding carboxylic acids is 1. The topological polar surface area (TPSA) is 60.4 Å². The van der Waals surface area contributed by atoms with Gasteiger partial charge in [-0.05, 0) is 29.3 Å². The first kappa shape index (κ1) is 14.4. The summed E-state index contributed by atoms with van der Waals surface area (Å²) in [5, 5.41) is 1.83. The van der Waals surface area contributed by atoms with Gasteiger partial charge in [-0.3, -0.25) is 4.79 Å². The van der Waals surface area contributed by atoms with Crippen molar-refractivity contribution in [2.45, 2.75) is 16.1 Å². The Bertz CT molecular complexity index is 844. The molecule has 1 aliphatic carbocycles. The van der Waals surface area contributed by atoms with E-state index in [4.69, 9.17) is 4.74 Å². The van der Waals surface area contributed by atoms with Crippen molar-refractivity contribution in [3.8, 4) is 0 Å². The molecule has 0 amide bonds. The number of hydrogen-bond donors (Lipinski definition) is 0. The standard InChI is InChI=1S/C15H12O4S.H2S/c16-14-15(8-12(15)9-19-14)20(17,18)13-6-5-10-3-1-2-4-11(10)7-13;/h1-7,12H,8-9H2;1H2/t12-,15+;/m0./s1. The van der Waals surface area contributed by atoms with Crippen molar-refractivity contribution >= 4 is 40.1 Å². The van der Waals surface area contributed by atoms with E-state index in [-0.39, 0.29) is 30.9 Å². The number of ether oxygens (including phenoxy) is 1. The van der Waals surface area contributed by atoms with Crippen molar-refractivity contribution in [1.29, 1.82) is 0 Å². The van der Waals surface area contributed by atoms with Gasteiger partial charge in [-0.1, -0.05) is 30.3 Å². The first-order valence-corrected chi connectivity index (χ1v) is 7.95. The van der Waals surface area contributed by atoms with Gasteiger partial charge in [0.15, 0.2) is 14.6 Å². The van der Waals surface area contributed by atoms with E-state index in [2.05, 4.69) is 0 Å². The summed E-state index contributed by atoms with van der Waals surface area (Å²) in [5.74, 6) is -0.762. The maximum atomic E-state index is 12.8. The molecule has 6 heteroatoms. The second-order valence-corrected chi connectivity index (χ2v) is 7.61. The van der Waals surface area contributed by atoms with Crippen molar-refractivity contribution in [2.24, 2.45) is 5.92 Å². The Morgan fingerprint density at radius 3 is 2.43 bits per heavy atom. The second-order valence-electron chi connectivity index (χ2n) is 5.40. The number of rotatable bonds is 2. The lowest BCUT2D eigenvalue weighted by atomic mass is 10.1. The molecule has 1 saturated carbocycles. The number of esters is 1. The fraction of sp³-hybridized carbons (Fsp3) is 0.267. The molecule has 21 heavy (non-hydrogen) atoms. The molecule has 0 unspecified atom stereocenters. The maximum Gasteiger partial charge on any atom is 0.328 e. The minimum absolute atomic E-state index is 0. The van der Waals surface area contributed by atoms with Crippen LogP contribution in [0, 0.1) is 5.92 Å². The van der Waals surface area contributed by atoms with Crippen LogP contribution >= 0.6 is 13.5 Å². The van der Waals surface area contributed by atoms with E-state index in [9.17, 15) is 13.2 Å². The van der Waals surface area contributed by atoms with Gasteiger partial charge >= 0.3 is 5.97 Å². The molecule has 2 aromatic carbocycles. The fourth-order valence-corrected chi connectivity index (χ4v) is 5.19. The number of fused-ring (bicyclic) bond motifs is 2. The van der Waals surface area contributed by atoms with Gasteiger partial charge in [-0.25, -0.2) is 8.42 Å². The predicted octanol–water partition coefficient (Wildman–Crippen LogP) is 2.04. The summed E-state index contributed by atoms with van der Waals surface area (Å²) in [5.41, 5.74) is 0. The van der Waals surface area contributed by atoms with Crippen molar-refractivity contribution in [2.75, 3.05) is 6.61 Å². The Labute approximate surface area is 129 Å². The largest absolute Gasteiger partial charge is 0.464 e. The molecular weight excluding hydrogens is 308 g/mol. The lowest BCUT2D eigenvalue weighted by Crippen LogP contribution is -2.31. The first-order valence-electron chi connectivity index (χ1n) is 6.46. The molecule has 2 aliphatic rings. The summed E-state index contributed by atoms with van der Waals surface area (Å²) < 4.78 is 29.1. The van der Waals surface area contributed by atoms with E-state index >= 15 is 0 Å². The summed E-state index contributed by atoms with van der Waals surface area (Å²) in [4.78, 5) is 12.0. The van der Waals surface area contributed by atoms with Crippen LogP contribution in [-0.2, 0) is 19.4 Å². The highest BCUT2D eigenvalue weighted by Crippen LogP contribution is 2.57. The third-order valence-corrected chi connectivity index (χ3v) is 6.82. The highest BCUT2D eigenvalue weighted by Gasteiger charge is 2.74. The van der Waals surface area contributed by atoms with E-state index < -0.39 is 20.6 Å². The highest BCUT2D eigenvalue weighted by molar-refractivity contribution is 7.94. The van der Waals surface area contributed by atoms with Gasteiger partial charge in [0, 0.05) is 5.92 Å². The van der Waals surface area contributed by atoms with Crippen LogP contribution in [-0.4, -0.2) is 25.7 Å². The number of cyclic esters (lactones) is 1. The van der Waals surface area contributed by atoms with Gasteiger partial charge in [-0.15, -0.1) is 0 Å². The van der Waals surface area contributed by atoms with Crippen molar-refractivity contribution in [3.63, 3.8) is 0 Å². The number of sulfone groups is 1. The molecule has 0 N–H and O–H groups in total. The average Bonchev–Trinajstić information content (AvgIpc) is 3.13. The van der Waals surface area contributed by atoms with Gasteiger partial charge in [0.25, 0.3) is 0 Å². The third-order valence-electron chi connectivity index (χ3n) is 4.32. The van der Waals surface area contributed by atoms with E-state index in [1.54, 1.807) is 18.2 Å². The van der Waals surface area contributed by atoms with Crippen LogP contribution in [0.1, 0.15) is 6.42 Å². The molecule has 1 heterocycles. The number of benzene rings is 2. The zero-order chi connectivity index (χ0) is 14.0. The van der Waals surface area contributed by atoms with Crippen molar-refractivity contribution < 1.29 is 17.9 Å². The number of hydrogen-bond acceptors (Lipinski definition) is 4. The van der Waals surface area contributed by atoms with Gasteiger partial charge in [0.1, 0.15) is 0 Å². The van der Waals surface area contributed by atoms with Crippen molar-refractivity contribution in [3.05, 3.63) is 42.5 Å². The van der Waals surface area contributed by atoms with Crippen LogP contribution in [0.25, 0.3) is 10.8 Å². The summed E-state index contributed by atoms with van der Waals surface area (Å²) >= 11 is 0. The maximum absolute atomic E-state index is 12.8. The summed E-state index contributed by atoms with van der Waals surface area (Å²) in [6.07, 6.45) is 0.390. The third kappa shape index (κ3) is 1.75. The highest BCUT2D eigenvalue weighted by atomic mass is 32.2. The SMILES string of the molecule is O=C1OC[C@@H]2C[C@]12S(=O)(=O)c1ccc2ccccc2c1.S. The van der Waals surface area contributed by atoms with Gasteiger partial charge < -0.3 is 4.74 Å². The van der Waals surface area contributed by atoms with Crippen LogP contribution in [0.4, 0.5) is 0 Å². The average molecular weight is 322 g/mol. The van der Waals surface area contributed by atoms with Crippen LogP contribution in [0.3, 0.4) is 0 Å². The van der Waals surface area contributed by atoms with E-state index in [1.165, 1.54) is 0 Å². The molecule has 110 valence electrons. The van der Waals surface area contributed by atoms with Gasteiger partial charge in [0.2, 0.25) is 0 Å². The Morgan fingerprint density at radius 1 is 1.10 bits per heavy atom. The molecule has 1 saturated heterocycles. The lowest BCUT2D eigenvalue weighted by Gasteiger charge is -2.12. The Balaban J connectivity index is 0.00000132. The molecule has 0 radical (unpaired) electrons. The van der Waals surface area contributed by atoms with Gasteiger partial charge in [-0.2, -0.15) is 13.5 Å². The molecule has 0 bridgehead atoms. The fourth-order valence-electron chi connectivity index (χ4n) is 3.03. The second kappa shape index (κ2) is 4.48. The molecule has 0 spiro atoms. The zero-order valence-corrected chi connectivity index (χ0v) is 12.9. The Morgan fingerprint density at radius 2 is 1.81 bits per heavy atom. The van der Waals surface area contributed by atoms with Crippen LogP contribution in [0.2, 0.25) is 0 Å².